The zero-order chi connectivity index (χ0) is 11.6. The minimum Gasteiger partial charge on any atom is -0.342 e. The third-order valence-corrected chi connectivity index (χ3v) is 3.57. The zero-order valence-corrected chi connectivity index (χ0v) is 10.8. The van der Waals surface area contributed by atoms with Crippen LogP contribution in [0.2, 0.25) is 0 Å². The number of benzene rings is 1. The van der Waals surface area contributed by atoms with Crippen molar-refractivity contribution in [2.24, 2.45) is 0 Å². The molecule has 1 fully saturated rings. The molecule has 0 aliphatic carbocycles. The lowest BCUT2D eigenvalue weighted by molar-refractivity contribution is -0.154. The highest BCUT2D eigenvalue weighted by Crippen LogP contribution is 2.36. The molecule has 0 bridgehead atoms. The quantitative estimate of drug-likeness (QED) is 0.799. The van der Waals surface area contributed by atoms with Crippen LogP contribution in [-0.2, 0) is 15.3 Å². The van der Waals surface area contributed by atoms with E-state index in [4.69, 9.17) is 21.1 Å². The molecule has 1 saturated heterocycles. The molecule has 0 saturated carbocycles. The van der Waals surface area contributed by atoms with Crippen molar-refractivity contribution in [3.8, 4) is 0 Å². The molecule has 88 valence electrons. The number of rotatable bonds is 3. The Hall–Kier alpha value is -0.160. The largest absolute Gasteiger partial charge is 0.342 e. The molecular formula is C11H11BrClFO2. The fourth-order valence-corrected chi connectivity index (χ4v) is 2.41. The van der Waals surface area contributed by atoms with E-state index in [1.54, 1.807) is 12.1 Å². The van der Waals surface area contributed by atoms with Gasteiger partial charge in [-0.2, -0.15) is 0 Å². The van der Waals surface area contributed by atoms with Gasteiger partial charge >= 0.3 is 0 Å². The molecular weight excluding hydrogens is 298 g/mol. The fourth-order valence-electron chi connectivity index (χ4n) is 1.64. The summed E-state index contributed by atoms with van der Waals surface area (Å²) < 4.78 is 24.2. The molecule has 1 aliphatic heterocycles. The molecule has 0 spiro atoms. The lowest BCUT2D eigenvalue weighted by Crippen LogP contribution is -2.30. The number of ether oxygens (including phenoxy) is 2. The topological polar surface area (TPSA) is 18.5 Å². The maximum absolute atomic E-state index is 12.8. The van der Waals surface area contributed by atoms with Crippen LogP contribution >= 0.6 is 27.5 Å². The van der Waals surface area contributed by atoms with Gasteiger partial charge in [-0.05, 0) is 12.1 Å². The third-order valence-electron chi connectivity index (χ3n) is 2.49. The number of halogens is 3. The average Bonchev–Trinajstić information content (AvgIpc) is 2.75. The zero-order valence-electron chi connectivity index (χ0n) is 8.46. The summed E-state index contributed by atoms with van der Waals surface area (Å²) in [4.78, 5) is 0. The molecule has 0 unspecified atom stereocenters. The Balaban J connectivity index is 2.25. The van der Waals surface area contributed by atoms with Gasteiger partial charge in [-0.15, -0.1) is 11.6 Å². The van der Waals surface area contributed by atoms with E-state index in [-0.39, 0.29) is 11.9 Å². The lowest BCUT2D eigenvalue weighted by Gasteiger charge is -2.26. The lowest BCUT2D eigenvalue weighted by atomic mass is 10.1. The van der Waals surface area contributed by atoms with Crippen molar-refractivity contribution in [3.63, 3.8) is 0 Å². The van der Waals surface area contributed by atoms with Gasteiger partial charge in [0.2, 0.25) is 5.79 Å². The van der Waals surface area contributed by atoms with Crippen molar-refractivity contribution in [2.75, 3.05) is 17.8 Å². The van der Waals surface area contributed by atoms with Crippen molar-refractivity contribution in [1.29, 1.82) is 0 Å². The fraction of sp³-hybridized carbons (Fsp3) is 0.455. The number of alkyl halides is 2. The van der Waals surface area contributed by atoms with Gasteiger partial charge in [0.25, 0.3) is 0 Å². The Morgan fingerprint density at radius 2 is 2.12 bits per heavy atom. The molecule has 5 heteroatoms. The van der Waals surface area contributed by atoms with E-state index >= 15 is 0 Å². The van der Waals surface area contributed by atoms with Gasteiger partial charge < -0.3 is 9.47 Å². The van der Waals surface area contributed by atoms with Gasteiger partial charge in [-0.1, -0.05) is 28.1 Å². The molecule has 2 atom stereocenters. The minimum absolute atomic E-state index is 0.121. The summed E-state index contributed by atoms with van der Waals surface area (Å²) in [6.45, 7) is 0.451. The van der Waals surface area contributed by atoms with Crippen molar-refractivity contribution in [3.05, 3.63) is 35.6 Å². The van der Waals surface area contributed by atoms with Crippen LogP contribution in [0.3, 0.4) is 0 Å². The van der Waals surface area contributed by atoms with Crippen LogP contribution < -0.4 is 0 Å². The molecule has 0 N–H and O–H groups in total. The van der Waals surface area contributed by atoms with Crippen LogP contribution in [0.5, 0.6) is 0 Å². The number of hydrogen-bond donors (Lipinski definition) is 0. The predicted molar refractivity (Wildman–Crippen MR) is 63.4 cm³/mol. The summed E-state index contributed by atoms with van der Waals surface area (Å²) >= 11 is 9.08. The van der Waals surface area contributed by atoms with E-state index in [2.05, 4.69) is 15.9 Å². The summed E-state index contributed by atoms with van der Waals surface area (Å²) in [5, 5.41) is 0.485. The average molecular weight is 310 g/mol. The van der Waals surface area contributed by atoms with Gasteiger partial charge in [0.15, 0.2) is 0 Å². The molecule has 0 radical (unpaired) electrons. The SMILES string of the molecule is Fc1ccc([C@]2(CBr)OC[C@@H](CCl)O2)cc1. The molecule has 0 aromatic heterocycles. The van der Waals surface area contributed by atoms with Crippen LogP contribution in [0, 0.1) is 5.82 Å². The van der Waals surface area contributed by atoms with Crippen molar-refractivity contribution < 1.29 is 13.9 Å². The van der Waals surface area contributed by atoms with E-state index in [1.165, 1.54) is 12.1 Å². The highest BCUT2D eigenvalue weighted by atomic mass is 79.9. The van der Waals surface area contributed by atoms with Crippen LogP contribution in [0.15, 0.2) is 24.3 Å². The highest BCUT2D eigenvalue weighted by Gasteiger charge is 2.42. The Morgan fingerprint density at radius 1 is 1.44 bits per heavy atom. The van der Waals surface area contributed by atoms with Gasteiger partial charge in [0, 0.05) is 5.56 Å². The van der Waals surface area contributed by atoms with Gasteiger partial charge in [0.1, 0.15) is 5.82 Å². The summed E-state index contributed by atoms with van der Waals surface area (Å²) in [5.41, 5.74) is 0.790. The van der Waals surface area contributed by atoms with Gasteiger partial charge in [-0.3, -0.25) is 0 Å². The highest BCUT2D eigenvalue weighted by molar-refractivity contribution is 9.09. The Morgan fingerprint density at radius 3 is 2.62 bits per heavy atom. The van der Waals surface area contributed by atoms with Crippen LogP contribution in [0.4, 0.5) is 4.39 Å². The summed E-state index contributed by atoms with van der Waals surface area (Å²) in [5.74, 6) is -0.733. The minimum atomic E-state index is -0.840. The molecule has 2 nitrogen and oxygen atoms in total. The van der Waals surface area contributed by atoms with E-state index in [0.29, 0.717) is 17.8 Å². The van der Waals surface area contributed by atoms with E-state index in [9.17, 15) is 4.39 Å². The van der Waals surface area contributed by atoms with Gasteiger partial charge in [-0.25, -0.2) is 4.39 Å². The normalized spacial score (nSPS) is 29.6. The third kappa shape index (κ3) is 2.25. The van der Waals surface area contributed by atoms with Crippen molar-refractivity contribution >= 4 is 27.5 Å². The first kappa shape index (κ1) is 12.3. The molecule has 1 aliphatic rings. The second-order valence-electron chi connectivity index (χ2n) is 3.60. The maximum Gasteiger partial charge on any atom is 0.205 e. The second kappa shape index (κ2) is 5.00. The molecule has 1 aromatic carbocycles. The monoisotopic (exact) mass is 308 g/mol. The van der Waals surface area contributed by atoms with Crippen LogP contribution in [0.25, 0.3) is 0 Å². The van der Waals surface area contributed by atoms with Gasteiger partial charge in [0.05, 0.1) is 23.9 Å². The van der Waals surface area contributed by atoms with E-state index in [0.717, 1.165) is 5.56 Å². The maximum atomic E-state index is 12.8. The summed E-state index contributed by atoms with van der Waals surface area (Å²) in [6, 6.07) is 6.10. The Labute approximate surface area is 107 Å². The first-order valence-corrected chi connectivity index (χ1v) is 6.55. The second-order valence-corrected chi connectivity index (χ2v) is 4.47. The van der Waals surface area contributed by atoms with E-state index < -0.39 is 5.79 Å². The molecule has 1 aromatic rings. The van der Waals surface area contributed by atoms with E-state index in [1.807, 2.05) is 0 Å². The standard InChI is InChI=1S/C11H11BrClFO2/c12-7-11(15-6-10(5-13)16-11)8-1-3-9(14)4-2-8/h1-4,10H,5-7H2/t10-,11-/m1/s1. The Bertz CT molecular complexity index is 360. The molecule has 2 rings (SSSR count). The Kier molecular flexibility index (Phi) is 3.85. The molecule has 0 amide bonds. The van der Waals surface area contributed by atoms with Crippen molar-refractivity contribution in [1.82, 2.24) is 0 Å². The first-order valence-electron chi connectivity index (χ1n) is 4.90. The van der Waals surface area contributed by atoms with Crippen LogP contribution in [0.1, 0.15) is 5.56 Å². The predicted octanol–water partition coefficient (Wildman–Crippen LogP) is 3.03. The smallest absolute Gasteiger partial charge is 0.205 e. The number of hydrogen-bond acceptors (Lipinski definition) is 2. The van der Waals surface area contributed by atoms with Crippen LogP contribution in [-0.4, -0.2) is 23.9 Å². The first-order chi connectivity index (χ1) is 7.70. The summed E-state index contributed by atoms with van der Waals surface area (Å²) in [7, 11) is 0. The summed E-state index contributed by atoms with van der Waals surface area (Å²) in [6.07, 6.45) is -0.121. The molecule has 1 heterocycles. The van der Waals surface area contributed by atoms with Crippen molar-refractivity contribution in [2.45, 2.75) is 11.9 Å². The molecule has 16 heavy (non-hydrogen) atoms.